The Morgan fingerprint density at radius 1 is 1.07 bits per heavy atom. The van der Waals surface area contributed by atoms with E-state index in [1.807, 2.05) is 30.3 Å². The van der Waals surface area contributed by atoms with Gasteiger partial charge >= 0.3 is 5.97 Å². The second kappa shape index (κ2) is 8.22. The molecule has 0 heterocycles. The number of sulfonamides is 1. The molecule has 0 saturated carbocycles. The van der Waals surface area contributed by atoms with E-state index in [0.717, 1.165) is 17.7 Å². The van der Waals surface area contributed by atoms with Crippen molar-refractivity contribution in [3.8, 4) is 16.9 Å². The minimum absolute atomic E-state index is 0.0953. The Labute approximate surface area is 175 Å². The van der Waals surface area contributed by atoms with Crippen LogP contribution in [-0.4, -0.2) is 26.6 Å². The number of ether oxygens (including phenoxy) is 1. The Kier molecular flexibility index (Phi) is 5.90. The summed E-state index contributed by atoms with van der Waals surface area (Å²) < 4.78 is 47.6. The van der Waals surface area contributed by atoms with Crippen molar-refractivity contribution in [3.05, 3.63) is 76.5 Å². The van der Waals surface area contributed by atoms with E-state index in [9.17, 15) is 22.7 Å². The van der Waals surface area contributed by atoms with Gasteiger partial charge in [0.05, 0.1) is 22.8 Å². The van der Waals surface area contributed by atoms with Crippen molar-refractivity contribution >= 4 is 37.6 Å². The molecule has 0 aromatic heterocycles. The summed E-state index contributed by atoms with van der Waals surface area (Å²) in [7, 11) is -3.12. The first-order chi connectivity index (χ1) is 13.7. The molecule has 3 aromatic rings. The molecule has 0 aliphatic carbocycles. The number of halogens is 2. The summed E-state index contributed by atoms with van der Waals surface area (Å²) in [5.41, 5.74) is 0.847. The zero-order chi connectivity index (χ0) is 21.2. The average Bonchev–Trinajstić information content (AvgIpc) is 2.69. The molecule has 9 heteroatoms. The van der Waals surface area contributed by atoms with Gasteiger partial charge in [0.1, 0.15) is 10.7 Å². The van der Waals surface area contributed by atoms with Crippen LogP contribution in [0, 0.1) is 5.82 Å². The zero-order valence-corrected chi connectivity index (χ0v) is 17.4. The number of hydrogen-bond acceptors (Lipinski definition) is 4. The molecule has 3 aromatic carbocycles. The Morgan fingerprint density at radius 2 is 1.76 bits per heavy atom. The van der Waals surface area contributed by atoms with Crippen molar-refractivity contribution in [2.24, 2.45) is 0 Å². The molecule has 0 unspecified atom stereocenters. The van der Waals surface area contributed by atoms with Crippen LogP contribution >= 0.6 is 15.9 Å². The molecule has 0 spiro atoms. The first kappa shape index (κ1) is 20.8. The van der Waals surface area contributed by atoms with Gasteiger partial charge < -0.3 is 9.84 Å². The number of carbonyl (C=O) groups is 1. The highest BCUT2D eigenvalue weighted by Gasteiger charge is 2.25. The summed E-state index contributed by atoms with van der Waals surface area (Å²) in [5.74, 6) is -2.19. The monoisotopic (exact) mass is 479 g/mol. The third-order valence-electron chi connectivity index (χ3n) is 4.07. The van der Waals surface area contributed by atoms with Crippen molar-refractivity contribution in [2.75, 3.05) is 11.8 Å². The highest BCUT2D eigenvalue weighted by Crippen LogP contribution is 2.35. The molecule has 0 aliphatic heterocycles. The lowest BCUT2D eigenvalue weighted by Gasteiger charge is -2.15. The van der Waals surface area contributed by atoms with Gasteiger partial charge in [-0.25, -0.2) is 17.6 Å². The van der Waals surface area contributed by atoms with E-state index in [1.165, 1.54) is 25.3 Å². The minimum Gasteiger partial charge on any atom is -0.494 e. The van der Waals surface area contributed by atoms with E-state index in [1.54, 1.807) is 0 Å². The Hall–Kier alpha value is -2.91. The fourth-order valence-electron chi connectivity index (χ4n) is 2.70. The van der Waals surface area contributed by atoms with Gasteiger partial charge in [-0.05, 0) is 51.3 Å². The van der Waals surface area contributed by atoms with Crippen LogP contribution < -0.4 is 9.46 Å². The van der Waals surface area contributed by atoms with E-state index in [-0.39, 0.29) is 21.5 Å². The van der Waals surface area contributed by atoms with Gasteiger partial charge in [0, 0.05) is 0 Å². The lowest BCUT2D eigenvalue weighted by atomic mass is 10.1. The smallest absolute Gasteiger partial charge is 0.335 e. The predicted molar refractivity (Wildman–Crippen MR) is 110 cm³/mol. The number of aromatic carboxylic acids is 1. The molecule has 0 atom stereocenters. The summed E-state index contributed by atoms with van der Waals surface area (Å²) in [6, 6.07) is 15.3. The van der Waals surface area contributed by atoms with Crippen LogP contribution in [0.25, 0.3) is 11.1 Å². The predicted octanol–water partition coefficient (Wildman–Crippen LogP) is 4.76. The first-order valence-electron chi connectivity index (χ1n) is 8.21. The van der Waals surface area contributed by atoms with Crippen molar-refractivity contribution in [1.82, 2.24) is 0 Å². The van der Waals surface area contributed by atoms with Crippen LogP contribution in [0.15, 0.2) is 70.0 Å². The second-order valence-electron chi connectivity index (χ2n) is 5.96. The fraction of sp³-hybridized carbons (Fsp3) is 0.0500. The lowest BCUT2D eigenvalue weighted by Crippen LogP contribution is -2.16. The van der Waals surface area contributed by atoms with E-state index in [2.05, 4.69) is 20.7 Å². The van der Waals surface area contributed by atoms with Crippen molar-refractivity contribution < 1.29 is 27.4 Å². The SMILES string of the molecule is COc1c(Br)cc(C(=O)O)cc1S(=O)(=O)Nc1cc(-c2ccccc2)ccc1F. The Morgan fingerprint density at radius 3 is 2.38 bits per heavy atom. The van der Waals surface area contributed by atoms with Crippen LogP contribution in [-0.2, 0) is 10.0 Å². The number of carboxylic acids is 1. The van der Waals surface area contributed by atoms with Gasteiger partial charge in [0.2, 0.25) is 0 Å². The molecule has 0 amide bonds. The Balaban J connectivity index is 2.08. The van der Waals surface area contributed by atoms with Crippen molar-refractivity contribution in [1.29, 1.82) is 0 Å². The molecule has 0 fully saturated rings. The largest absolute Gasteiger partial charge is 0.494 e. The highest BCUT2D eigenvalue weighted by atomic mass is 79.9. The van der Waals surface area contributed by atoms with Crippen LogP contribution in [0.4, 0.5) is 10.1 Å². The van der Waals surface area contributed by atoms with E-state index >= 15 is 0 Å². The van der Waals surface area contributed by atoms with Gasteiger partial charge in [0.15, 0.2) is 5.75 Å². The van der Waals surface area contributed by atoms with Gasteiger partial charge in [-0.2, -0.15) is 0 Å². The number of rotatable bonds is 6. The molecule has 0 saturated heterocycles. The van der Waals surface area contributed by atoms with Crippen molar-refractivity contribution in [2.45, 2.75) is 4.90 Å². The van der Waals surface area contributed by atoms with Gasteiger partial charge in [-0.15, -0.1) is 0 Å². The van der Waals surface area contributed by atoms with Gasteiger partial charge in [-0.3, -0.25) is 4.72 Å². The summed E-state index contributed by atoms with van der Waals surface area (Å²) in [6.07, 6.45) is 0. The fourth-order valence-corrected chi connectivity index (χ4v) is 4.73. The number of anilines is 1. The maximum atomic E-state index is 14.3. The summed E-state index contributed by atoms with van der Waals surface area (Å²) in [4.78, 5) is 10.9. The molecule has 2 N–H and O–H groups in total. The topological polar surface area (TPSA) is 92.7 Å². The first-order valence-corrected chi connectivity index (χ1v) is 10.5. The molecule has 6 nitrogen and oxygen atoms in total. The van der Waals surface area contributed by atoms with E-state index in [0.29, 0.717) is 5.56 Å². The summed E-state index contributed by atoms with van der Waals surface area (Å²) >= 11 is 3.11. The standard InChI is InChI=1S/C20H15BrFNO5S/c1-28-19-15(21)9-14(20(24)25)11-18(19)29(26,27)23-17-10-13(7-8-16(17)22)12-5-3-2-4-6-12/h2-11,23H,1H3,(H,24,25). The summed E-state index contributed by atoms with van der Waals surface area (Å²) in [5, 5.41) is 9.22. The van der Waals surface area contributed by atoms with Crippen LogP contribution in [0.2, 0.25) is 0 Å². The molecule has 150 valence electrons. The highest BCUT2D eigenvalue weighted by molar-refractivity contribution is 9.10. The maximum Gasteiger partial charge on any atom is 0.335 e. The molecular formula is C20H15BrFNO5S. The third-order valence-corrected chi connectivity index (χ3v) is 6.03. The third kappa shape index (κ3) is 4.41. The average molecular weight is 480 g/mol. The summed E-state index contributed by atoms with van der Waals surface area (Å²) in [6.45, 7) is 0. The van der Waals surface area contributed by atoms with Crippen LogP contribution in [0.5, 0.6) is 5.75 Å². The van der Waals surface area contributed by atoms with Gasteiger partial charge in [-0.1, -0.05) is 36.4 Å². The van der Waals surface area contributed by atoms with Gasteiger partial charge in [0.25, 0.3) is 10.0 Å². The normalized spacial score (nSPS) is 11.1. The van der Waals surface area contributed by atoms with Crippen molar-refractivity contribution in [3.63, 3.8) is 0 Å². The number of benzene rings is 3. The van der Waals surface area contributed by atoms with E-state index < -0.39 is 26.7 Å². The number of carboxylic acid groups (broad SMARTS) is 1. The quantitative estimate of drug-likeness (QED) is 0.531. The minimum atomic E-state index is -4.36. The second-order valence-corrected chi connectivity index (χ2v) is 8.47. The molecule has 29 heavy (non-hydrogen) atoms. The van der Waals surface area contributed by atoms with E-state index in [4.69, 9.17) is 4.74 Å². The number of methoxy groups -OCH3 is 1. The molecule has 0 radical (unpaired) electrons. The zero-order valence-electron chi connectivity index (χ0n) is 15.0. The van der Waals surface area contributed by atoms with Crippen LogP contribution in [0.1, 0.15) is 10.4 Å². The Bertz CT molecular complexity index is 1180. The lowest BCUT2D eigenvalue weighted by molar-refractivity contribution is 0.0696. The molecule has 0 aliphatic rings. The number of nitrogens with one attached hydrogen (secondary N) is 1. The molecular weight excluding hydrogens is 465 g/mol. The van der Waals surface area contributed by atoms with Crippen LogP contribution in [0.3, 0.4) is 0 Å². The maximum absolute atomic E-state index is 14.3. The number of hydrogen-bond donors (Lipinski definition) is 2. The molecule has 3 rings (SSSR count). The molecule has 0 bridgehead atoms.